The molecular weight excluding hydrogens is 272 g/mol. The average molecular weight is 286 g/mol. The Morgan fingerprint density at radius 3 is 2.67 bits per heavy atom. The second kappa shape index (κ2) is 5.58. The molecule has 1 atom stereocenters. The molecule has 2 heterocycles. The van der Waals surface area contributed by atoms with Crippen LogP contribution in [0.1, 0.15) is 29.8 Å². The van der Waals surface area contributed by atoms with E-state index < -0.39 is 10.9 Å². The third-order valence-corrected chi connectivity index (χ3v) is 5.73. The summed E-state index contributed by atoms with van der Waals surface area (Å²) in [5.41, 5.74) is 1.36. The first-order valence-corrected chi connectivity index (χ1v) is 7.90. The molecule has 0 spiro atoms. The van der Waals surface area contributed by atoms with Crippen LogP contribution < -0.4 is 0 Å². The summed E-state index contributed by atoms with van der Waals surface area (Å²) in [6.45, 7) is 4.27. The number of esters is 1. The zero-order chi connectivity index (χ0) is 13.1. The highest BCUT2D eigenvalue weighted by atomic mass is 32.2. The first-order valence-electron chi connectivity index (χ1n) is 5.61. The molecule has 1 unspecified atom stereocenters. The van der Waals surface area contributed by atoms with Gasteiger partial charge in [-0.25, -0.2) is 9.59 Å². The number of thiophene rings is 1. The van der Waals surface area contributed by atoms with Crippen LogP contribution in [0, 0.1) is 0 Å². The van der Waals surface area contributed by atoms with Crippen molar-refractivity contribution in [3.8, 4) is 0 Å². The van der Waals surface area contributed by atoms with Crippen LogP contribution in [-0.2, 0) is 9.47 Å². The SMILES string of the molecule is CCOC(=O)c1csc2c1C=C[SH]2C(=O)OCC. The van der Waals surface area contributed by atoms with Crippen LogP contribution in [0.25, 0.3) is 6.08 Å². The van der Waals surface area contributed by atoms with E-state index in [1.807, 2.05) is 11.5 Å². The zero-order valence-corrected chi connectivity index (χ0v) is 11.8. The summed E-state index contributed by atoms with van der Waals surface area (Å²) in [6.07, 6.45) is 1.82. The summed E-state index contributed by atoms with van der Waals surface area (Å²) in [5, 5.41) is 3.37. The summed E-state index contributed by atoms with van der Waals surface area (Å²) in [4.78, 5) is 23.5. The second-order valence-corrected chi connectivity index (χ2v) is 6.51. The third-order valence-electron chi connectivity index (χ3n) is 2.38. The van der Waals surface area contributed by atoms with E-state index in [1.54, 1.807) is 19.2 Å². The molecule has 1 aliphatic heterocycles. The number of hydrogen-bond acceptors (Lipinski definition) is 5. The van der Waals surface area contributed by atoms with Crippen LogP contribution in [0.2, 0.25) is 0 Å². The Bertz CT molecular complexity index is 504. The number of thiol groups is 1. The van der Waals surface area contributed by atoms with Gasteiger partial charge in [0, 0.05) is 10.9 Å². The van der Waals surface area contributed by atoms with Crippen molar-refractivity contribution in [2.24, 2.45) is 0 Å². The Kier molecular flexibility index (Phi) is 4.08. The van der Waals surface area contributed by atoms with Gasteiger partial charge in [0.1, 0.15) is 0 Å². The molecule has 6 heteroatoms. The van der Waals surface area contributed by atoms with Gasteiger partial charge in [-0.05, 0) is 25.3 Å². The quantitative estimate of drug-likeness (QED) is 0.683. The molecule has 0 saturated carbocycles. The minimum atomic E-state index is -1.07. The maximum Gasteiger partial charge on any atom is 0.355 e. The highest BCUT2D eigenvalue weighted by Gasteiger charge is 2.28. The lowest BCUT2D eigenvalue weighted by molar-refractivity contribution is 0.0526. The largest absolute Gasteiger partial charge is 0.462 e. The Labute approximate surface area is 112 Å². The minimum Gasteiger partial charge on any atom is -0.462 e. The van der Waals surface area contributed by atoms with E-state index in [9.17, 15) is 9.59 Å². The van der Waals surface area contributed by atoms with Crippen LogP contribution >= 0.6 is 22.2 Å². The predicted octanol–water partition coefficient (Wildman–Crippen LogP) is 3.43. The second-order valence-electron chi connectivity index (χ2n) is 3.47. The molecule has 4 nitrogen and oxygen atoms in total. The van der Waals surface area contributed by atoms with Gasteiger partial charge in [-0.15, -0.1) is 11.3 Å². The Morgan fingerprint density at radius 1 is 1.28 bits per heavy atom. The molecule has 0 N–H and O–H groups in total. The van der Waals surface area contributed by atoms with E-state index in [-0.39, 0.29) is 11.3 Å². The van der Waals surface area contributed by atoms with Crippen molar-refractivity contribution in [3.05, 3.63) is 21.9 Å². The highest BCUT2D eigenvalue weighted by molar-refractivity contribution is 8.33. The van der Waals surface area contributed by atoms with Crippen molar-refractivity contribution >= 4 is 39.6 Å². The van der Waals surface area contributed by atoms with E-state index in [0.29, 0.717) is 18.8 Å². The lowest BCUT2D eigenvalue weighted by Crippen LogP contribution is -2.04. The van der Waals surface area contributed by atoms with Crippen LogP contribution in [0.4, 0.5) is 4.79 Å². The van der Waals surface area contributed by atoms with E-state index >= 15 is 0 Å². The van der Waals surface area contributed by atoms with Crippen LogP contribution in [0.3, 0.4) is 0 Å². The predicted molar refractivity (Wildman–Crippen MR) is 73.6 cm³/mol. The van der Waals surface area contributed by atoms with Gasteiger partial charge in [0.05, 0.1) is 23.0 Å². The number of carbonyl (C=O) groups excluding carboxylic acids is 2. The van der Waals surface area contributed by atoms with E-state index in [1.165, 1.54) is 11.3 Å². The molecular formula is C12H14O4S2. The summed E-state index contributed by atoms with van der Waals surface area (Å²) in [7, 11) is -1.07. The molecule has 0 aliphatic carbocycles. The summed E-state index contributed by atoms with van der Waals surface area (Å²) in [5.74, 6) is -0.333. The fourth-order valence-electron chi connectivity index (χ4n) is 1.62. The zero-order valence-electron chi connectivity index (χ0n) is 10.1. The van der Waals surface area contributed by atoms with Gasteiger partial charge in [0.15, 0.2) is 0 Å². The van der Waals surface area contributed by atoms with Gasteiger partial charge in [0.25, 0.3) is 0 Å². The molecule has 0 saturated heterocycles. The van der Waals surface area contributed by atoms with Crippen molar-refractivity contribution in [1.29, 1.82) is 0 Å². The maximum atomic E-state index is 11.8. The Hall–Kier alpha value is -1.27. The third kappa shape index (κ3) is 2.30. The molecule has 0 bridgehead atoms. The molecule has 0 fully saturated rings. The number of ether oxygens (including phenoxy) is 2. The molecule has 1 aliphatic rings. The monoisotopic (exact) mass is 286 g/mol. The number of carbonyl (C=O) groups is 2. The molecule has 2 rings (SSSR count). The molecule has 0 radical (unpaired) electrons. The summed E-state index contributed by atoms with van der Waals surface area (Å²) >= 11 is 1.42. The molecule has 0 amide bonds. The number of hydrogen-bond donors (Lipinski definition) is 1. The van der Waals surface area contributed by atoms with E-state index in [2.05, 4.69) is 0 Å². The topological polar surface area (TPSA) is 52.6 Å². The normalized spacial score (nSPS) is 18.4. The van der Waals surface area contributed by atoms with Crippen molar-refractivity contribution in [2.75, 3.05) is 13.2 Å². The fourth-order valence-corrected chi connectivity index (χ4v) is 4.84. The van der Waals surface area contributed by atoms with Gasteiger partial charge >= 0.3 is 11.3 Å². The smallest absolute Gasteiger partial charge is 0.355 e. The van der Waals surface area contributed by atoms with Crippen LogP contribution in [-0.4, -0.2) is 24.5 Å². The molecule has 18 heavy (non-hydrogen) atoms. The average Bonchev–Trinajstić information content (AvgIpc) is 2.89. The molecule has 1 aromatic heterocycles. The lowest BCUT2D eigenvalue weighted by atomic mass is 10.2. The van der Waals surface area contributed by atoms with Crippen molar-refractivity contribution < 1.29 is 19.1 Å². The standard InChI is InChI=1S/C12H14O4S2/c1-3-15-10(13)9-7-17-11-8(9)5-6-18(11)12(14)16-4-2/h5-7,18H,3-4H2,1-2H3. The van der Waals surface area contributed by atoms with E-state index in [4.69, 9.17) is 9.47 Å². The maximum absolute atomic E-state index is 11.8. The van der Waals surface area contributed by atoms with Crippen molar-refractivity contribution in [1.82, 2.24) is 0 Å². The van der Waals surface area contributed by atoms with Gasteiger partial charge < -0.3 is 9.47 Å². The first kappa shape index (κ1) is 13.2. The fraction of sp³-hybridized carbons (Fsp3) is 0.333. The van der Waals surface area contributed by atoms with Crippen molar-refractivity contribution in [3.63, 3.8) is 0 Å². The first-order chi connectivity index (χ1) is 8.69. The van der Waals surface area contributed by atoms with Gasteiger partial charge in [0.2, 0.25) is 0 Å². The minimum absolute atomic E-state index is 0.209. The van der Waals surface area contributed by atoms with E-state index in [0.717, 1.165) is 9.77 Å². The van der Waals surface area contributed by atoms with Gasteiger partial charge in [-0.1, -0.05) is 10.9 Å². The number of fused-ring (bicyclic) bond motifs is 1. The molecule has 1 aromatic rings. The summed E-state index contributed by atoms with van der Waals surface area (Å²) in [6, 6.07) is 0. The highest BCUT2D eigenvalue weighted by Crippen LogP contribution is 2.51. The molecule has 98 valence electrons. The van der Waals surface area contributed by atoms with Gasteiger partial charge in [-0.3, -0.25) is 0 Å². The van der Waals surface area contributed by atoms with Crippen molar-refractivity contribution in [2.45, 2.75) is 18.1 Å². The Morgan fingerprint density at radius 2 is 2.00 bits per heavy atom. The molecule has 0 aromatic carbocycles. The number of rotatable bonds is 3. The Balaban J connectivity index is 2.24. The lowest BCUT2D eigenvalue weighted by Gasteiger charge is -2.10. The van der Waals surface area contributed by atoms with Gasteiger partial charge in [-0.2, -0.15) is 0 Å². The van der Waals surface area contributed by atoms with Crippen LogP contribution in [0.5, 0.6) is 0 Å². The summed E-state index contributed by atoms with van der Waals surface area (Å²) < 4.78 is 10.9. The van der Waals surface area contributed by atoms with Crippen LogP contribution in [0.15, 0.2) is 15.0 Å².